The molecule has 11 heteroatoms. The zero-order valence-electron chi connectivity index (χ0n) is 18.1. The van der Waals surface area contributed by atoms with Crippen LogP contribution in [-0.4, -0.2) is 77.3 Å². The van der Waals surface area contributed by atoms with Gasteiger partial charge in [0.25, 0.3) is 0 Å². The van der Waals surface area contributed by atoms with Gasteiger partial charge in [-0.3, -0.25) is 10.1 Å². The largest absolute Gasteiger partial charge is 0.461 e. The Hall–Kier alpha value is -1.62. The van der Waals surface area contributed by atoms with Gasteiger partial charge in [0.05, 0.1) is 11.1 Å². The Morgan fingerprint density at radius 2 is 2.00 bits per heavy atom. The van der Waals surface area contributed by atoms with Crippen LogP contribution in [0.25, 0.3) is 0 Å². The standard InChI is InChI=1S/C21H28ClN3O5S2/c1-13(2)29-20(27)16(24-18(26)19-23-5-8-32-19)12-14-3-4-17(15(22)11-14)30-21(28)25-6-9-31-10-7-25/h3-4,11,13,16,19,23H,5-10,12H2,1-2H3,(H,24,26)/t16-,19-/m0/s1. The molecule has 2 atom stereocenters. The van der Waals surface area contributed by atoms with E-state index >= 15 is 0 Å². The van der Waals surface area contributed by atoms with Gasteiger partial charge in [0.1, 0.15) is 11.4 Å². The first kappa shape index (κ1) is 25.0. The highest BCUT2D eigenvalue weighted by Crippen LogP contribution is 2.27. The molecule has 0 spiro atoms. The molecule has 2 heterocycles. The SMILES string of the molecule is CC(C)OC(=O)[C@H](Cc1ccc(OC(=O)N2CCSCC2)c(Cl)c1)NC(=O)[C@H]1NCCS1. The van der Waals surface area contributed by atoms with Crippen molar-refractivity contribution in [1.82, 2.24) is 15.5 Å². The minimum Gasteiger partial charge on any atom is -0.461 e. The summed E-state index contributed by atoms with van der Waals surface area (Å²) in [4.78, 5) is 39.1. The Bertz CT molecular complexity index is 830. The lowest BCUT2D eigenvalue weighted by atomic mass is 10.1. The summed E-state index contributed by atoms with van der Waals surface area (Å²) in [6.07, 6.45) is -0.530. The fourth-order valence-electron chi connectivity index (χ4n) is 3.24. The van der Waals surface area contributed by atoms with Crippen molar-refractivity contribution in [3.8, 4) is 5.75 Å². The van der Waals surface area contributed by atoms with Crippen molar-refractivity contribution in [2.45, 2.75) is 37.8 Å². The third kappa shape index (κ3) is 7.19. The van der Waals surface area contributed by atoms with Crippen molar-refractivity contribution < 1.29 is 23.9 Å². The quantitative estimate of drug-likeness (QED) is 0.550. The number of carbonyl (C=O) groups is 3. The number of nitrogens with one attached hydrogen (secondary N) is 2. The maximum Gasteiger partial charge on any atom is 0.415 e. The van der Waals surface area contributed by atoms with E-state index < -0.39 is 18.1 Å². The van der Waals surface area contributed by atoms with Gasteiger partial charge >= 0.3 is 12.1 Å². The summed E-state index contributed by atoms with van der Waals surface area (Å²) in [7, 11) is 0. The van der Waals surface area contributed by atoms with E-state index in [1.807, 2.05) is 0 Å². The molecule has 0 aromatic heterocycles. The van der Waals surface area contributed by atoms with E-state index in [1.165, 1.54) is 11.8 Å². The monoisotopic (exact) mass is 501 g/mol. The van der Waals surface area contributed by atoms with Gasteiger partial charge in [-0.05, 0) is 31.5 Å². The fourth-order valence-corrected chi connectivity index (χ4v) is 5.31. The molecule has 1 aromatic carbocycles. The number of carbonyl (C=O) groups excluding carboxylic acids is 3. The summed E-state index contributed by atoms with van der Waals surface area (Å²) in [5.74, 6) is 2.11. The van der Waals surface area contributed by atoms with Gasteiger partial charge < -0.3 is 19.7 Å². The van der Waals surface area contributed by atoms with E-state index in [4.69, 9.17) is 21.1 Å². The second kappa shape index (κ2) is 12.0. The summed E-state index contributed by atoms with van der Waals surface area (Å²) in [6.45, 7) is 5.55. The van der Waals surface area contributed by atoms with Crippen LogP contribution in [0.1, 0.15) is 19.4 Å². The summed E-state index contributed by atoms with van der Waals surface area (Å²) < 4.78 is 10.8. The van der Waals surface area contributed by atoms with E-state index in [9.17, 15) is 14.4 Å². The van der Waals surface area contributed by atoms with Crippen LogP contribution in [0.15, 0.2) is 18.2 Å². The highest BCUT2D eigenvalue weighted by atomic mass is 35.5. The highest BCUT2D eigenvalue weighted by Gasteiger charge is 2.29. The number of esters is 1. The molecule has 0 bridgehead atoms. The molecular weight excluding hydrogens is 474 g/mol. The Labute approximate surface area is 201 Å². The van der Waals surface area contributed by atoms with Crippen LogP contribution in [0, 0.1) is 0 Å². The zero-order valence-corrected chi connectivity index (χ0v) is 20.5. The topological polar surface area (TPSA) is 97.0 Å². The first-order valence-corrected chi connectivity index (χ1v) is 13.1. The molecule has 2 aliphatic heterocycles. The van der Waals surface area contributed by atoms with Crippen LogP contribution in [0.3, 0.4) is 0 Å². The Kier molecular flexibility index (Phi) is 9.39. The predicted octanol–water partition coefficient (Wildman–Crippen LogP) is 2.53. The summed E-state index contributed by atoms with van der Waals surface area (Å²) in [5.41, 5.74) is 0.710. The summed E-state index contributed by atoms with van der Waals surface area (Å²) in [6, 6.07) is 4.11. The number of ether oxygens (including phenoxy) is 2. The van der Waals surface area contributed by atoms with E-state index in [-0.39, 0.29) is 34.6 Å². The molecule has 2 fully saturated rings. The van der Waals surface area contributed by atoms with Gasteiger partial charge in [-0.1, -0.05) is 17.7 Å². The molecule has 0 aliphatic carbocycles. The zero-order chi connectivity index (χ0) is 23.1. The first-order chi connectivity index (χ1) is 15.3. The molecule has 0 radical (unpaired) electrons. The van der Waals surface area contributed by atoms with Crippen molar-refractivity contribution >= 4 is 53.1 Å². The number of rotatable bonds is 7. The molecular formula is C21H28ClN3O5S2. The number of amides is 2. The molecule has 0 saturated carbocycles. The molecule has 0 unspecified atom stereocenters. The number of hydrogen-bond acceptors (Lipinski definition) is 8. The van der Waals surface area contributed by atoms with Gasteiger partial charge in [-0.15, -0.1) is 11.8 Å². The molecule has 1 aromatic rings. The molecule has 3 rings (SSSR count). The maximum absolute atomic E-state index is 12.6. The van der Waals surface area contributed by atoms with Crippen molar-refractivity contribution in [2.24, 2.45) is 0 Å². The molecule has 2 N–H and O–H groups in total. The molecule has 32 heavy (non-hydrogen) atoms. The number of halogens is 1. The predicted molar refractivity (Wildman–Crippen MR) is 127 cm³/mol. The van der Waals surface area contributed by atoms with Gasteiger partial charge in [0, 0.05) is 43.3 Å². The molecule has 2 amide bonds. The van der Waals surface area contributed by atoms with Crippen LogP contribution < -0.4 is 15.4 Å². The maximum atomic E-state index is 12.6. The van der Waals surface area contributed by atoms with E-state index in [2.05, 4.69) is 10.6 Å². The van der Waals surface area contributed by atoms with Crippen molar-refractivity contribution in [2.75, 3.05) is 36.9 Å². The van der Waals surface area contributed by atoms with E-state index in [0.29, 0.717) is 18.7 Å². The van der Waals surface area contributed by atoms with Crippen molar-refractivity contribution in [3.63, 3.8) is 0 Å². The Balaban J connectivity index is 1.66. The minimum atomic E-state index is -0.858. The minimum absolute atomic E-state index is 0.200. The smallest absolute Gasteiger partial charge is 0.415 e. The van der Waals surface area contributed by atoms with Crippen LogP contribution in [0.2, 0.25) is 5.02 Å². The van der Waals surface area contributed by atoms with Crippen LogP contribution >= 0.6 is 35.1 Å². The molecule has 2 saturated heterocycles. The lowest BCUT2D eigenvalue weighted by Gasteiger charge is -2.25. The van der Waals surface area contributed by atoms with Gasteiger partial charge in [0.2, 0.25) is 5.91 Å². The van der Waals surface area contributed by atoms with Crippen LogP contribution in [0.5, 0.6) is 5.75 Å². The third-order valence-corrected chi connectivity index (χ3v) is 7.20. The van der Waals surface area contributed by atoms with Crippen molar-refractivity contribution in [3.05, 3.63) is 28.8 Å². The number of thioether (sulfide) groups is 2. The van der Waals surface area contributed by atoms with E-state index in [0.717, 1.165) is 23.8 Å². The van der Waals surface area contributed by atoms with Gasteiger partial charge in [-0.2, -0.15) is 11.8 Å². The highest BCUT2D eigenvalue weighted by molar-refractivity contribution is 8.00. The van der Waals surface area contributed by atoms with Crippen molar-refractivity contribution in [1.29, 1.82) is 0 Å². The second-order valence-electron chi connectivity index (χ2n) is 7.69. The Morgan fingerprint density at radius 3 is 2.62 bits per heavy atom. The molecule has 176 valence electrons. The lowest BCUT2D eigenvalue weighted by molar-refractivity contribution is -0.151. The lowest BCUT2D eigenvalue weighted by Crippen LogP contribution is -2.49. The average Bonchev–Trinajstić information content (AvgIpc) is 3.30. The summed E-state index contributed by atoms with van der Waals surface area (Å²) >= 11 is 9.65. The second-order valence-corrected chi connectivity index (χ2v) is 10.5. The first-order valence-electron chi connectivity index (χ1n) is 10.5. The fraction of sp³-hybridized carbons (Fsp3) is 0.571. The number of hydrogen-bond donors (Lipinski definition) is 2. The van der Waals surface area contributed by atoms with E-state index in [1.54, 1.807) is 48.7 Å². The molecule has 8 nitrogen and oxygen atoms in total. The number of benzene rings is 1. The Morgan fingerprint density at radius 1 is 1.25 bits per heavy atom. The normalized spacial score (nSPS) is 19.5. The molecule has 2 aliphatic rings. The van der Waals surface area contributed by atoms with Gasteiger partial charge in [-0.25, -0.2) is 9.59 Å². The number of nitrogens with zero attached hydrogens (tertiary/aromatic N) is 1. The average molecular weight is 502 g/mol. The van der Waals surface area contributed by atoms with Crippen LogP contribution in [0.4, 0.5) is 4.79 Å². The van der Waals surface area contributed by atoms with Gasteiger partial charge in [0.15, 0.2) is 5.75 Å². The summed E-state index contributed by atoms with van der Waals surface area (Å²) in [5, 5.41) is 5.75. The third-order valence-electron chi connectivity index (χ3n) is 4.81. The van der Waals surface area contributed by atoms with Crippen LogP contribution in [-0.2, 0) is 20.7 Å².